The fourth-order valence-corrected chi connectivity index (χ4v) is 1.62. The molecule has 0 aliphatic rings. The van der Waals surface area contributed by atoms with Gasteiger partial charge in [-0.05, 0) is 12.8 Å². The maximum Gasteiger partial charge on any atom is 0.334 e. The van der Waals surface area contributed by atoms with Crippen molar-refractivity contribution in [3.05, 3.63) is 11.6 Å². The van der Waals surface area contributed by atoms with Crippen molar-refractivity contribution in [2.75, 3.05) is 12.4 Å². The first-order valence-electron chi connectivity index (χ1n) is 5.17. The topological polar surface area (TPSA) is 46.5 Å². The van der Waals surface area contributed by atoms with Gasteiger partial charge in [0.05, 0.1) is 13.2 Å². The van der Waals surface area contributed by atoms with E-state index in [1.54, 1.807) is 6.08 Å². The summed E-state index contributed by atoms with van der Waals surface area (Å²) in [5.41, 5.74) is 0.563. The molecule has 0 rings (SSSR count). The average molecular weight is 279 g/mol. The lowest BCUT2D eigenvalue weighted by Gasteiger charge is -2.07. The summed E-state index contributed by atoms with van der Waals surface area (Å²) >= 11 is 3.21. The van der Waals surface area contributed by atoms with Gasteiger partial charge in [0.2, 0.25) is 0 Å². The Labute approximate surface area is 99.6 Å². The number of unbranched alkanes of at least 4 members (excludes halogenated alkanes) is 1. The number of hydrogen-bond donors (Lipinski definition) is 1. The molecule has 0 aromatic carbocycles. The first-order valence-corrected chi connectivity index (χ1v) is 6.29. The Morgan fingerprint density at radius 2 is 2.27 bits per heavy atom. The molecule has 0 aliphatic carbocycles. The molecule has 0 aromatic rings. The molecule has 88 valence electrons. The van der Waals surface area contributed by atoms with Crippen LogP contribution < -0.4 is 0 Å². The van der Waals surface area contributed by atoms with Gasteiger partial charge in [-0.15, -0.1) is 0 Å². The average Bonchev–Trinajstić information content (AvgIpc) is 2.26. The molecule has 1 unspecified atom stereocenters. The van der Waals surface area contributed by atoms with E-state index in [2.05, 4.69) is 27.6 Å². The molecule has 0 bridgehead atoms. The second kappa shape index (κ2) is 8.92. The molecular formula is C11H19BrO3. The molecule has 0 amide bonds. The third-order valence-corrected chi connectivity index (χ3v) is 2.72. The molecule has 0 heterocycles. The Balaban J connectivity index is 4.04. The molecule has 1 N–H and O–H groups in total. The van der Waals surface area contributed by atoms with Gasteiger partial charge < -0.3 is 9.84 Å². The predicted molar refractivity (Wildman–Crippen MR) is 64.0 cm³/mol. The van der Waals surface area contributed by atoms with Gasteiger partial charge in [0.25, 0.3) is 0 Å². The summed E-state index contributed by atoms with van der Waals surface area (Å²) in [6.07, 6.45) is 4.75. The smallest absolute Gasteiger partial charge is 0.334 e. The molecular weight excluding hydrogens is 260 g/mol. The van der Waals surface area contributed by atoms with Gasteiger partial charge in [-0.2, -0.15) is 0 Å². The Kier molecular flexibility index (Phi) is 8.71. The van der Waals surface area contributed by atoms with Crippen LogP contribution in [-0.2, 0) is 9.53 Å². The first kappa shape index (κ1) is 14.6. The van der Waals surface area contributed by atoms with Crippen molar-refractivity contribution in [1.82, 2.24) is 0 Å². The molecule has 1 atom stereocenters. The number of esters is 1. The zero-order valence-corrected chi connectivity index (χ0v) is 10.9. The van der Waals surface area contributed by atoms with E-state index in [1.165, 1.54) is 7.11 Å². The van der Waals surface area contributed by atoms with Crippen LogP contribution in [0.3, 0.4) is 0 Å². The van der Waals surface area contributed by atoms with E-state index in [-0.39, 0.29) is 12.1 Å². The summed E-state index contributed by atoms with van der Waals surface area (Å²) < 4.78 is 4.60. The van der Waals surface area contributed by atoms with Crippen molar-refractivity contribution in [3.63, 3.8) is 0 Å². The molecule has 4 heteroatoms. The highest BCUT2D eigenvalue weighted by molar-refractivity contribution is 9.09. The van der Waals surface area contributed by atoms with Crippen molar-refractivity contribution in [1.29, 1.82) is 0 Å². The van der Waals surface area contributed by atoms with Crippen LogP contribution in [0.4, 0.5) is 0 Å². The number of carbonyl (C=O) groups is 1. The lowest BCUT2D eigenvalue weighted by atomic mass is 10.1. The van der Waals surface area contributed by atoms with Crippen molar-refractivity contribution in [2.24, 2.45) is 0 Å². The summed E-state index contributed by atoms with van der Waals surface area (Å²) in [4.78, 5) is 11.2. The summed E-state index contributed by atoms with van der Waals surface area (Å²) in [5.74, 6) is -0.338. The van der Waals surface area contributed by atoms with Gasteiger partial charge in [-0.25, -0.2) is 4.79 Å². The SMILES string of the molecule is CCCCC(O)C/C=C(/CBr)C(=O)OC. The number of aliphatic hydroxyl groups is 1. The second-order valence-electron chi connectivity index (χ2n) is 3.39. The lowest BCUT2D eigenvalue weighted by Crippen LogP contribution is -2.09. The van der Waals surface area contributed by atoms with Crippen LogP contribution in [0.5, 0.6) is 0 Å². The van der Waals surface area contributed by atoms with E-state index in [9.17, 15) is 9.90 Å². The minimum absolute atomic E-state index is 0.338. The molecule has 0 fully saturated rings. The molecule has 3 nitrogen and oxygen atoms in total. The Hall–Kier alpha value is -0.350. The fraction of sp³-hybridized carbons (Fsp3) is 0.727. The molecule has 0 saturated heterocycles. The first-order chi connectivity index (χ1) is 7.15. The summed E-state index contributed by atoms with van der Waals surface area (Å²) in [6.45, 7) is 2.08. The molecule has 15 heavy (non-hydrogen) atoms. The van der Waals surface area contributed by atoms with Crippen LogP contribution in [0.25, 0.3) is 0 Å². The number of aliphatic hydroxyl groups excluding tert-OH is 1. The van der Waals surface area contributed by atoms with Crippen LogP contribution >= 0.6 is 15.9 Å². The quantitative estimate of drug-likeness (QED) is 0.442. The van der Waals surface area contributed by atoms with E-state index in [0.29, 0.717) is 17.3 Å². The summed E-state index contributed by atoms with van der Waals surface area (Å²) in [7, 11) is 1.35. The van der Waals surface area contributed by atoms with Gasteiger partial charge in [0.15, 0.2) is 0 Å². The molecule has 0 radical (unpaired) electrons. The normalized spacial score (nSPS) is 13.7. The number of methoxy groups -OCH3 is 1. The number of carbonyl (C=O) groups excluding carboxylic acids is 1. The summed E-state index contributed by atoms with van der Waals surface area (Å²) in [5, 5.41) is 10.0. The third kappa shape index (κ3) is 6.68. The minimum Gasteiger partial charge on any atom is -0.466 e. The highest BCUT2D eigenvalue weighted by Crippen LogP contribution is 2.09. The van der Waals surface area contributed by atoms with Crippen molar-refractivity contribution in [2.45, 2.75) is 38.7 Å². The Morgan fingerprint density at radius 1 is 1.60 bits per heavy atom. The van der Waals surface area contributed by atoms with Crippen LogP contribution in [0.1, 0.15) is 32.6 Å². The number of rotatable bonds is 7. The van der Waals surface area contributed by atoms with Gasteiger partial charge in [-0.3, -0.25) is 0 Å². The van der Waals surface area contributed by atoms with E-state index in [4.69, 9.17) is 0 Å². The van der Waals surface area contributed by atoms with Crippen LogP contribution in [-0.4, -0.2) is 29.6 Å². The highest BCUT2D eigenvalue weighted by Gasteiger charge is 2.08. The van der Waals surface area contributed by atoms with Crippen molar-refractivity contribution in [3.8, 4) is 0 Å². The highest BCUT2D eigenvalue weighted by atomic mass is 79.9. The minimum atomic E-state index is -0.358. The monoisotopic (exact) mass is 278 g/mol. The van der Waals surface area contributed by atoms with Crippen LogP contribution in [0, 0.1) is 0 Å². The molecule has 0 aliphatic heterocycles. The summed E-state index contributed by atoms with van der Waals surface area (Å²) in [6, 6.07) is 0. The molecule has 0 aromatic heterocycles. The van der Waals surface area contributed by atoms with E-state index >= 15 is 0 Å². The van der Waals surface area contributed by atoms with Crippen molar-refractivity contribution >= 4 is 21.9 Å². The van der Waals surface area contributed by atoms with Crippen molar-refractivity contribution < 1.29 is 14.6 Å². The Morgan fingerprint density at radius 3 is 2.73 bits per heavy atom. The maximum absolute atomic E-state index is 11.2. The zero-order valence-electron chi connectivity index (χ0n) is 9.33. The Bertz CT molecular complexity index is 214. The van der Waals surface area contributed by atoms with Crippen LogP contribution in [0.2, 0.25) is 0 Å². The largest absolute Gasteiger partial charge is 0.466 e. The van der Waals surface area contributed by atoms with Gasteiger partial charge >= 0.3 is 5.97 Å². The van der Waals surface area contributed by atoms with E-state index in [0.717, 1.165) is 19.3 Å². The van der Waals surface area contributed by atoms with Gasteiger partial charge in [0.1, 0.15) is 0 Å². The second-order valence-corrected chi connectivity index (χ2v) is 3.95. The van der Waals surface area contributed by atoms with Crippen LogP contribution in [0.15, 0.2) is 11.6 Å². The number of hydrogen-bond acceptors (Lipinski definition) is 3. The number of ether oxygens (including phenoxy) is 1. The molecule has 0 spiro atoms. The zero-order chi connectivity index (χ0) is 11.7. The van der Waals surface area contributed by atoms with E-state index in [1.807, 2.05) is 0 Å². The van der Waals surface area contributed by atoms with E-state index < -0.39 is 0 Å². The number of halogens is 1. The molecule has 0 saturated carbocycles. The third-order valence-electron chi connectivity index (χ3n) is 2.12. The fourth-order valence-electron chi connectivity index (χ4n) is 1.16. The maximum atomic E-state index is 11.2. The standard InChI is InChI=1S/C11H19BrO3/c1-3-4-5-10(13)7-6-9(8-12)11(14)15-2/h6,10,13H,3-5,7-8H2,1-2H3/b9-6-. The number of alkyl halides is 1. The lowest BCUT2D eigenvalue weighted by molar-refractivity contribution is -0.135. The predicted octanol–water partition coefficient (Wildman–Crippen LogP) is 2.42. The van der Waals surface area contributed by atoms with Gasteiger partial charge in [-0.1, -0.05) is 41.8 Å². The van der Waals surface area contributed by atoms with Gasteiger partial charge in [0, 0.05) is 10.9 Å².